The molecular weight excluding hydrogens is 236 g/mol. The van der Waals surface area contributed by atoms with Crippen LogP contribution in [0.4, 0.5) is 0 Å². The topological polar surface area (TPSA) is 49.4 Å². The molecule has 0 spiro atoms. The zero-order valence-corrected chi connectivity index (χ0v) is 11.1. The number of hydrogen-bond acceptors (Lipinski definition) is 3. The summed E-state index contributed by atoms with van der Waals surface area (Å²) in [5.74, 6) is 1.26. The summed E-state index contributed by atoms with van der Waals surface area (Å²) in [6.07, 6.45) is 6.39. The van der Waals surface area contributed by atoms with Gasteiger partial charge in [-0.25, -0.2) is 0 Å². The molecular formula is C12H20N2O2S. The highest BCUT2D eigenvalue weighted by molar-refractivity contribution is 7.98. The Morgan fingerprint density at radius 2 is 2.24 bits per heavy atom. The summed E-state index contributed by atoms with van der Waals surface area (Å²) in [5, 5.41) is 2.95. The van der Waals surface area contributed by atoms with Gasteiger partial charge in [0.05, 0.1) is 6.04 Å². The van der Waals surface area contributed by atoms with Crippen LogP contribution in [-0.4, -0.2) is 47.4 Å². The SMILES string of the molecule is CSCCC1CNC(=O)C2CCCCC(=O)N12. The van der Waals surface area contributed by atoms with Gasteiger partial charge in [-0.15, -0.1) is 0 Å². The van der Waals surface area contributed by atoms with Crippen LogP contribution in [0.15, 0.2) is 0 Å². The van der Waals surface area contributed by atoms with E-state index in [0.717, 1.165) is 31.4 Å². The fourth-order valence-electron chi connectivity index (χ4n) is 2.70. The van der Waals surface area contributed by atoms with Crippen molar-refractivity contribution in [3.63, 3.8) is 0 Å². The van der Waals surface area contributed by atoms with Crippen LogP contribution in [0.25, 0.3) is 0 Å². The monoisotopic (exact) mass is 256 g/mol. The van der Waals surface area contributed by atoms with Crippen molar-refractivity contribution >= 4 is 23.6 Å². The summed E-state index contributed by atoms with van der Waals surface area (Å²) in [6.45, 7) is 0.627. The van der Waals surface area contributed by atoms with Crippen LogP contribution in [0.2, 0.25) is 0 Å². The van der Waals surface area contributed by atoms with E-state index in [-0.39, 0.29) is 23.9 Å². The molecule has 2 atom stereocenters. The highest BCUT2D eigenvalue weighted by Gasteiger charge is 2.39. The molecule has 1 N–H and O–H groups in total. The normalized spacial score (nSPS) is 29.6. The number of piperazine rings is 1. The Balaban J connectivity index is 2.12. The lowest BCUT2D eigenvalue weighted by molar-refractivity contribution is -0.146. The fraction of sp³-hybridized carbons (Fsp3) is 0.833. The fourth-order valence-corrected chi connectivity index (χ4v) is 3.21. The smallest absolute Gasteiger partial charge is 0.242 e. The van der Waals surface area contributed by atoms with Crippen LogP contribution >= 0.6 is 11.8 Å². The van der Waals surface area contributed by atoms with E-state index in [0.29, 0.717) is 13.0 Å². The lowest BCUT2D eigenvalue weighted by Gasteiger charge is -2.40. The second-order valence-electron chi connectivity index (χ2n) is 4.74. The Kier molecular flexibility index (Phi) is 4.31. The van der Waals surface area contributed by atoms with Crippen molar-refractivity contribution in [3.05, 3.63) is 0 Å². The van der Waals surface area contributed by atoms with E-state index in [2.05, 4.69) is 11.6 Å². The van der Waals surface area contributed by atoms with Gasteiger partial charge in [-0.1, -0.05) is 6.42 Å². The number of thioether (sulfide) groups is 1. The van der Waals surface area contributed by atoms with Crippen molar-refractivity contribution in [3.8, 4) is 0 Å². The molecule has 5 heteroatoms. The predicted octanol–water partition coefficient (Wildman–Crippen LogP) is 1.01. The van der Waals surface area contributed by atoms with Crippen molar-refractivity contribution in [2.24, 2.45) is 0 Å². The summed E-state index contributed by atoms with van der Waals surface area (Å²) in [4.78, 5) is 25.8. The van der Waals surface area contributed by atoms with Gasteiger partial charge in [0.2, 0.25) is 11.8 Å². The highest BCUT2D eigenvalue weighted by atomic mass is 32.2. The number of carbonyl (C=O) groups is 2. The van der Waals surface area contributed by atoms with Crippen molar-refractivity contribution in [1.82, 2.24) is 10.2 Å². The third kappa shape index (κ3) is 2.76. The predicted molar refractivity (Wildman–Crippen MR) is 68.9 cm³/mol. The number of nitrogens with zero attached hydrogens (tertiary/aromatic N) is 1. The second-order valence-corrected chi connectivity index (χ2v) is 5.73. The standard InChI is InChI=1S/C12H20N2O2S/c1-17-7-6-9-8-13-12(16)10-4-2-3-5-11(15)14(9)10/h9-10H,2-8H2,1H3,(H,13,16). The summed E-state index contributed by atoms with van der Waals surface area (Å²) < 4.78 is 0. The van der Waals surface area contributed by atoms with Crippen LogP contribution in [0, 0.1) is 0 Å². The molecule has 2 aliphatic rings. The molecule has 0 radical (unpaired) electrons. The maximum absolute atomic E-state index is 12.1. The van der Waals surface area contributed by atoms with Crippen LogP contribution in [0.3, 0.4) is 0 Å². The van der Waals surface area contributed by atoms with Gasteiger partial charge in [0.15, 0.2) is 0 Å². The van der Waals surface area contributed by atoms with E-state index in [1.165, 1.54) is 0 Å². The quantitative estimate of drug-likeness (QED) is 0.820. The largest absolute Gasteiger partial charge is 0.352 e. The molecule has 2 fully saturated rings. The summed E-state index contributed by atoms with van der Waals surface area (Å²) in [7, 11) is 0. The molecule has 2 amide bonds. The summed E-state index contributed by atoms with van der Waals surface area (Å²) in [6, 6.07) is 0.00126. The lowest BCUT2D eigenvalue weighted by Crippen LogP contribution is -2.61. The first-order valence-corrected chi connectivity index (χ1v) is 7.71. The van der Waals surface area contributed by atoms with E-state index in [4.69, 9.17) is 0 Å². The van der Waals surface area contributed by atoms with Crippen molar-refractivity contribution in [2.45, 2.75) is 44.2 Å². The Labute approximate surface area is 106 Å². The minimum Gasteiger partial charge on any atom is -0.352 e. The van der Waals surface area contributed by atoms with Crippen LogP contribution < -0.4 is 5.32 Å². The molecule has 2 unspecified atom stereocenters. The first-order chi connectivity index (χ1) is 8.24. The molecule has 0 aromatic carbocycles. The maximum Gasteiger partial charge on any atom is 0.242 e. The van der Waals surface area contributed by atoms with E-state index in [1.807, 2.05) is 4.90 Å². The summed E-state index contributed by atoms with van der Waals surface area (Å²) >= 11 is 1.79. The van der Waals surface area contributed by atoms with E-state index >= 15 is 0 Å². The molecule has 0 bridgehead atoms. The number of hydrogen-bond donors (Lipinski definition) is 1. The summed E-state index contributed by atoms with van der Waals surface area (Å²) in [5.41, 5.74) is 0. The van der Waals surface area contributed by atoms with Crippen LogP contribution in [0.1, 0.15) is 32.1 Å². The van der Waals surface area contributed by atoms with Crippen LogP contribution in [-0.2, 0) is 9.59 Å². The molecule has 0 aromatic heterocycles. The number of carbonyl (C=O) groups excluding carboxylic acids is 2. The molecule has 0 saturated carbocycles. The third-order valence-electron chi connectivity index (χ3n) is 3.61. The molecule has 2 rings (SSSR count). The number of nitrogens with one attached hydrogen (secondary N) is 1. The number of rotatable bonds is 3. The minimum atomic E-state index is -0.203. The second kappa shape index (κ2) is 5.76. The molecule has 96 valence electrons. The van der Waals surface area contributed by atoms with Gasteiger partial charge >= 0.3 is 0 Å². The molecule has 2 saturated heterocycles. The Morgan fingerprint density at radius 3 is 3.00 bits per heavy atom. The third-order valence-corrected chi connectivity index (χ3v) is 4.25. The molecule has 4 nitrogen and oxygen atoms in total. The zero-order valence-electron chi connectivity index (χ0n) is 10.3. The van der Waals surface area contributed by atoms with Gasteiger partial charge in [-0.05, 0) is 31.3 Å². The number of fused-ring (bicyclic) bond motifs is 1. The highest BCUT2D eigenvalue weighted by Crippen LogP contribution is 2.24. The van der Waals surface area contributed by atoms with E-state index in [9.17, 15) is 9.59 Å². The Hall–Kier alpha value is -0.710. The van der Waals surface area contributed by atoms with Gasteiger partial charge in [-0.2, -0.15) is 11.8 Å². The minimum absolute atomic E-state index is 0.0423. The Morgan fingerprint density at radius 1 is 1.41 bits per heavy atom. The maximum atomic E-state index is 12.1. The molecule has 2 aliphatic heterocycles. The van der Waals surface area contributed by atoms with Crippen LogP contribution in [0.5, 0.6) is 0 Å². The van der Waals surface area contributed by atoms with Gasteiger partial charge in [0, 0.05) is 13.0 Å². The van der Waals surface area contributed by atoms with E-state index < -0.39 is 0 Å². The van der Waals surface area contributed by atoms with Gasteiger partial charge in [0.25, 0.3) is 0 Å². The molecule has 17 heavy (non-hydrogen) atoms. The first kappa shape index (κ1) is 12.7. The van der Waals surface area contributed by atoms with Crippen molar-refractivity contribution < 1.29 is 9.59 Å². The zero-order chi connectivity index (χ0) is 12.3. The molecule has 0 aliphatic carbocycles. The van der Waals surface area contributed by atoms with E-state index in [1.54, 1.807) is 11.8 Å². The number of amides is 2. The van der Waals surface area contributed by atoms with Gasteiger partial charge in [-0.3, -0.25) is 9.59 Å². The van der Waals surface area contributed by atoms with Crippen molar-refractivity contribution in [1.29, 1.82) is 0 Å². The lowest BCUT2D eigenvalue weighted by atomic mass is 10.0. The first-order valence-electron chi connectivity index (χ1n) is 6.32. The van der Waals surface area contributed by atoms with Gasteiger partial charge in [0.1, 0.15) is 6.04 Å². The van der Waals surface area contributed by atoms with Crippen molar-refractivity contribution in [2.75, 3.05) is 18.6 Å². The average Bonchev–Trinajstić information content (AvgIpc) is 2.52. The van der Waals surface area contributed by atoms with Gasteiger partial charge < -0.3 is 10.2 Å². The molecule has 0 aromatic rings. The Bertz CT molecular complexity index is 309. The molecule has 2 heterocycles. The average molecular weight is 256 g/mol.